The molecule has 7 heavy (non-hydrogen) atoms. The van der Waals surface area contributed by atoms with Gasteiger partial charge in [-0.3, -0.25) is 0 Å². The second-order valence-electron chi connectivity index (χ2n) is 1.97. The molecule has 2 heteroatoms. The van der Waals surface area contributed by atoms with E-state index in [1.807, 2.05) is 0 Å². The van der Waals surface area contributed by atoms with Crippen molar-refractivity contribution >= 4 is 19.6 Å². The van der Waals surface area contributed by atoms with Gasteiger partial charge in [0.15, 0.2) is 0 Å². The van der Waals surface area contributed by atoms with E-state index in [9.17, 15) is 0 Å². The molecule has 0 fully saturated rings. The van der Waals surface area contributed by atoms with Gasteiger partial charge in [-0.2, -0.15) is 0 Å². The molecule has 1 heterocycles. The van der Waals surface area contributed by atoms with E-state index in [1.165, 1.54) is 10.8 Å². The van der Waals surface area contributed by atoms with Crippen LogP contribution in [-0.2, 0) is 0 Å². The summed E-state index contributed by atoms with van der Waals surface area (Å²) in [6.07, 6.45) is 0. The van der Waals surface area contributed by atoms with Crippen molar-refractivity contribution < 1.29 is 0 Å². The Kier molecular flexibility index (Phi) is 1.18. The van der Waals surface area contributed by atoms with Crippen molar-refractivity contribution in [2.24, 2.45) is 0 Å². The van der Waals surface area contributed by atoms with Crippen molar-refractivity contribution in [3.8, 4) is 0 Å². The first-order chi connectivity index (χ1) is 3.29. The van der Waals surface area contributed by atoms with Gasteiger partial charge in [0.05, 0.1) is 0 Å². The van der Waals surface area contributed by atoms with Crippen LogP contribution < -0.4 is 0 Å². The summed E-state index contributed by atoms with van der Waals surface area (Å²) < 4.78 is 0. The molecule has 0 aromatic heterocycles. The van der Waals surface area contributed by atoms with Crippen LogP contribution in [-0.4, -0.2) is 19.6 Å². The third-order valence-electron chi connectivity index (χ3n) is 1.06. The summed E-state index contributed by atoms with van der Waals surface area (Å²) in [6.45, 7) is 6.33. The molecule has 1 radical (unpaired) electrons. The zero-order valence-electron chi connectivity index (χ0n) is 4.73. The third kappa shape index (κ3) is 1.05. The fourth-order valence-corrected chi connectivity index (χ4v) is 0.718. The van der Waals surface area contributed by atoms with Crippen molar-refractivity contribution in [2.75, 3.05) is 0 Å². The van der Waals surface area contributed by atoms with Gasteiger partial charge in [-0.25, -0.2) is 0 Å². The van der Waals surface area contributed by atoms with Gasteiger partial charge in [-0.15, -0.1) is 0 Å². The average molecular weight is 88.7 g/mol. The van der Waals surface area contributed by atoms with Gasteiger partial charge in [-0.1, -0.05) is 0 Å². The van der Waals surface area contributed by atoms with E-state index in [4.69, 9.17) is 0 Å². The van der Waals surface area contributed by atoms with Gasteiger partial charge < -0.3 is 0 Å². The number of hydrogen-bond acceptors (Lipinski definition) is 0. The normalized spacial score (nSPS) is 16.9. The third-order valence-corrected chi connectivity index (χ3v) is 1.06. The van der Waals surface area contributed by atoms with Gasteiger partial charge in [-0.05, 0) is 0 Å². The van der Waals surface area contributed by atoms with E-state index in [-0.39, 0.29) is 0 Å². The maximum absolute atomic E-state index is 2.17. The van der Waals surface area contributed by atoms with Gasteiger partial charge in [0, 0.05) is 0 Å². The Morgan fingerprint density at radius 3 is 2.29 bits per heavy atom. The van der Waals surface area contributed by atoms with Crippen molar-refractivity contribution in [1.29, 1.82) is 0 Å². The van der Waals surface area contributed by atoms with Crippen LogP contribution in [0.1, 0.15) is 13.8 Å². The molecule has 0 nitrogen and oxygen atoms in total. The first kappa shape index (κ1) is 4.89. The molecule has 0 saturated heterocycles. The van der Waals surface area contributed by atoms with Gasteiger partial charge in [0.1, 0.15) is 0 Å². The van der Waals surface area contributed by atoms with Crippen LogP contribution in [0.25, 0.3) is 0 Å². The molecular weight excluding hydrogens is 81.7 g/mol. The molecule has 1 aliphatic rings. The molecule has 0 aromatic rings. The molecular formula is C5H7B2. The first-order valence-electron chi connectivity index (χ1n) is 2.49. The van der Waals surface area contributed by atoms with E-state index < -0.39 is 0 Å². The van der Waals surface area contributed by atoms with Gasteiger partial charge >= 0.3 is 44.9 Å². The zero-order chi connectivity index (χ0) is 5.28. The SMILES string of the molecule is CC1=BC=C(C)[B]1. The standard InChI is InChI=1S/C5H7B2/c1-4-3-6-5(2)7-4/h3H,1-2H3. The summed E-state index contributed by atoms with van der Waals surface area (Å²) in [5.74, 6) is 2.12. The molecule has 0 aromatic carbocycles. The van der Waals surface area contributed by atoms with E-state index in [1.54, 1.807) is 0 Å². The molecule has 0 spiro atoms. The van der Waals surface area contributed by atoms with E-state index in [2.05, 4.69) is 34.0 Å². The topological polar surface area (TPSA) is 0 Å². The van der Waals surface area contributed by atoms with Crippen LogP contribution >= 0.6 is 0 Å². The number of hydrogen-bond donors (Lipinski definition) is 0. The van der Waals surface area contributed by atoms with Crippen molar-refractivity contribution in [1.82, 2.24) is 0 Å². The number of allylic oxidation sites excluding steroid dienone is 1. The summed E-state index contributed by atoms with van der Waals surface area (Å²) in [4.78, 5) is 0. The zero-order valence-corrected chi connectivity index (χ0v) is 4.73. The predicted molar refractivity (Wildman–Crippen MR) is 35.9 cm³/mol. The second kappa shape index (κ2) is 1.69. The Balaban J connectivity index is 2.61. The molecule has 1 rings (SSSR count). The minimum absolute atomic E-state index is 1.36. The Labute approximate surface area is 45.8 Å². The molecule has 0 aliphatic carbocycles. The van der Waals surface area contributed by atoms with Crippen LogP contribution in [0.3, 0.4) is 0 Å². The van der Waals surface area contributed by atoms with Crippen LogP contribution in [0.15, 0.2) is 11.4 Å². The summed E-state index contributed by atoms with van der Waals surface area (Å²) in [6, 6.07) is 0. The summed E-state index contributed by atoms with van der Waals surface area (Å²) in [7, 11) is 2.17. The fraction of sp³-hybridized carbons (Fsp3) is 0.400. The molecule has 1 aliphatic heterocycles. The van der Waals surface area contributed by atoms with Crippen molar-refractivity contribution in [3.63, 3.8) is 0 Å². The number of rotatable bonds is 0. The van der Waals surface area contributed by atoms with Crippen LogP contribution in [0, 0.1) is 0 Å². The fourth-order valence-electron chi connectivity index (χ4n) is 0.718. The molecule has 0 bridgehead atoms. The maximum atomic E-state index is 2.17. The predicted octanol–water partition coefficient (Wildman–Crippen LogP) is 0.419. The summed E-state index contributed by atoms with van der Waals surface area (Å²) in [5, 5.41) is 1.36. The van der Waals surface area contributed by atoms with Crippen LogP contribution in [0.5, 0.6) is 0 Å². The summed E-state index contributed by atoms with van der Waals surface area (Å²) in [5.41, 5.74) is 1.36. The Morgan fingerprint density at radius 2 is 2.14 bits per heavy atom. The molecule has 0 saturated carbocycles. The van der Waals surface area contributed by atoms with Crippen LogP contribution in [0.4, 0.5) is 0 Å². The monoisotopic (exact) mass is 89.1 g/mol. The van der Waals surface area contributed by atoms with Gasteiger partial charge in [0.25, 0.3) is 0 Å². The quantitative estimate of drug-likeness (QED) is 0.377. The molecule has 33 valence electrons. The van der Waals surface area contributed by atoms with Gasteiger partial charge in [0.2, 0.25) is 0 Å². The van der Waals surface area contributed by atoms with E-state index >= 15 is 0 Å². The first-order valence-corrected chi connectivity index (χ1v) is 2.49. The molecule has 0 unspecified atom stereocenters. The summed E-state index contributed by atoms with van der Waals surface area (Å²) >= 11 is 0. The molecule has 0 atom stereocenters. The second-order valence-corrected chi connectivity index (χ2v) is 1.97. The Hall–Kier alpha value is -0.260. The van der Waals surface area contributed by atoms with Crippen molar-refractivity contribution in [2.45, 2.75) is 13.8 Å². The molecule has 0 amide bonds. The Bertz CT molecular complexity index is 117. The minimum atomic E-state index is 1.36. The Morgan fingerprint density at radius 1 is 1.43 bits per heavy atom. The van der Waals surface area contributed by atoms with Crippen molar-refractivity contribution in [3.05, 3.63) is 11.4 Å². The van der Waals surface area contributed by atoms with E-state index in [0.717, 1.165) is 0 Å². The average Bonchev–Trinajstić information content (AvgIpc) is 1.87. The molecule has 0 N–H and O–H groups in total. The van der Waals surface area contributed by atoms with E-state index in [0.29, 0.717) is 0 Å². The van der Waals surface area contributed by atoms with Crippen LogP contribution in [0.2, 0.25) is 0 Å².